The van der Waals surface area contributed by atoms with E-state index in [9.17, 15) is 0 Å². The monoisotopic (exact) mass is 453 g/mol. The Morgan fingerprint density at radius 2 is 0.500 bits per heavy atom. The van der Waals surface area contributed by atoms with E-state index in [0.717, 1.165) is 12.8 Å². The topological polar surface area (TPSA) is 52.0 Å². The molecule has 0 amide bonds. The third-order valence-electron chi connectivity index (χ3n) is 7.33. The van der Waals surface area contributed by atoms with Gasteiger partial charge in [-0.3, -0.25) is 0 Å². The molecule has 0 aromatic heterocycles. The Morgan fingerprint density at radius 1 is 0.312 bits per heavy atom. The first-order valence-corrected chi connectivity index (χ1v) is 15.2. The quantitative estimate of drug-likeness (QED) is 0.122. The predicted molar refractivity (Wildman–Crippen MR) is 147 cm³/mol. The summed E-state index contributed by atoms with van der Waals surface area (Å²) in [4.78, 5) is 0. The van der Waals surface area contributed by atoms with E-state index in [4.69, 9.17) is 11.5 Å². The van der Waals surface area contributed by atoms with Gasteiger partial charge in [0.15, 0.2) is 0 Å². The summed E-state index contributed by atoms with van der Waals surface area (Å²) in [7, 11) is 0. The average molecular weight is 453 g/mol. The molecule has 0 bridgehead atoms. The fourth-order valence-corrected chi connectivity index (χ4v) is 4.87. The van der Waals surface area contributed by atoms with E-state index in [1.807, 2.05) is 0 Å². The Bertz CT molecular complexity index is 331. The van der Waals surface area contributed by atoms with Crippen molar-refractivity contribution >= 4 is 0 Å². The maximum Gasteiger partial charge on any atom is 0.0192 e. The van der Waals surface area contributed by atoms with Crippen LogP contribution in [0.2, 0.25) is 0 Å². The highest BCUT2D eigenvalue weighted by atomic mass is 14.8. The maximum atomic E-state index is 6.36. The van der Waals surface area contributed by atoms with Gasteiger partial charge in [0, 0.05) is 12.1 Å². The van der Waals surface area contributed by atoms with E-state index in [2.05, 4.69) is 13.8 Å². The number of nitrogens with two attached hydrogens (primary N) is 2. The summed E-state index contributed by atoms with van der Waals surface area (Å²) >= 11 is 0. The van der Waals surface area contributed by atoms with Gasteiger partial charge in [0.1, 0.15) is 0 Å². The molecular weight excluding hydrogens is 388 g/mol. The largest absolute Gasteiger partial charge is 0.326 e. The van der Waals surface area contributed by atoms with Crippen LogP contribution in [-0.4, -0.2) is 12.1 Å². The summed E-state index contributed by atoms with van der Waals surface area (Å²) in [6.45, 7) is 4.58. The molecule has 32 heavy (non-hydrogen) atoms. The molecule has 0 aliphatic rings. The van der Waals surface area contributed by atoms with Gasteiger partial charge in [-0.05, 0) is 12.8 Å². The molecule has 2 nitrogen and oxygen atoms in total. The molecule has 4 N–H and O–H groups in total. The highest BCUT2D eigenvalue weighted by molar-refractivity contribution is 4.75. The van der Waals surface area contributed by atoms with Crippen LogP contribution in [-0.2, 0) is 0 Å². The minimum absolute atomic E-state index is 0.214. The number of hydrogen-bond donors (Lipinski definition) is 2. The van der Waals surface area contributed by atoms with Crippen LogP contribution in [0.3, 0.4) is 0 Å². The molecule has 2 unspecified atom stereocenters. The molecule has 0 aromatic rings. The van der Waals surface area contributed by atoms with Crippen molar-refractivity contribution in [2.24, 2.45) is 11.5 Å². The van der Waals surface area contributed by atoms with Gasteiger partial charge in [0.05, 0.1) is 0 Å². The molecule has 194 valence electrons. The van der Waals surface area contributed by atoms with Crippen LogP contribution in [0.4, 0.5) is 0 Å². The first kappa shape index (κ1) is 31.9. The number of rotatable bonds is 27. The standard InChI is InChI=1S/C30H64N2/c1-3-5-7-9-11-13-14-15-16-17-18-20-22-24-26-28-30(32)29(31)27-25-23-21-19-12-10-8-6-4-2/h29-30H,3-28,31-32H2,1-2H3. The lowest BCUT2D eigenvalue weighted by Crippen LogP contribution is -2.41. The van der Waals surface area contributed by atoms with Gasteiger partial charge in [-0.15, -0.1) is 0 Å². The zero-order chi connectivity index (χ0) is 23.5. The zero-order valence-corrected chi connectivity index (χ0v) is 22.7. The van der Waals surface area contributed by atoms with E-state index in [0.29, 0.717) is 0 Å². The van der Waals surface area contributed by atoms with Crippen molar-refractivity contribution in [1.82, 2.24) is 0 Å². The van der Waals surface area contributed by atoms with Crippen LogP contribution >= 0.6 is 0 Å². The van der Waals surface area contributed by atoms with Crippen LogP contribution in [0.5, 0.6) is 0 Å². The van der Waals surface area contributed by atoms with Crippen molar-refractivity contribution in [3.63, 3.8) is 0 Å². The van der Waals surface area contributed by atoms with Gasteiger partial charge in [-0.2, -0.15) is 0 Å². The van der Waals surface area contributed by atoms with Gasteiger partial charge in [-0.1, -0.05) is 168 Å². The lowest BCUT2D eigenvalue weighted by Gasteiger charge is -2.19. The fourth-order valence-electron chi connectivity index (χ4n) is 4.87. The van der Waals surface area contributed by atoms with E-state index >= 15 is 0 Å². The van der Waals surface area contributed by atoms with Crippen molar-refractivity contribution in [1.29, 1.82) is 0 Å². The second-order valence-corrected chi connectivity index (χ2v) is 10.7. The molecule has 0 heterocycles. The molecule has 2 heteroatoms. The van der Waals surface area contributed by atoms with Gasteiger partial charge >= 0.3 is 0 Å². The summed E-state index contributed by atoms with van der Waals surface area (Å²) < 4.78 is 0. The van der Waals surface area contributed by atoms with Gasteiger partial charge in [-0.25, -0.2) is 0 Å². The Morgan fingerprint density at radius 3 is 0.719 bits per heavy atom. The van der Waals surface area contributed by atoms with Crippen LogP contribution in [0, 0.1) is 0 Å². The van der Waals surface area contributed by atoms with Crippen molar-refractivity contribution in [3.05, 3.63) is 0 Å². The van der Waals surface area contributed by atoms with Crippen LogP contribution in [0.1, 0.15) is 181 Å². The molecule has 0 spiro atoms. The minimum Gasteiger partial charge on any atom is -0.326 e. The average Bonchev–Trinajstić information content (AvgIpc) is 2.80. The molecular formula is C30H64N2. The molecule has 0 saturated heterocycles. The summed E-state index contributed by atoms with van der Waals surface area (Å²) in [6, 6.07) is 0.428. The normalized spacial score (nSPS) is 13.5. The lowest BCUT2D eigenvalue weighted by atomic mass is 9.96. The van der Waals surface area contributed by atoms with Crippen molar-refractivity contribution in [2.75, 3.05) is 0 Å². The third-order valence-corrected chi connectivity index (χ3v) is 7.33. The zero-order valence-electron chi connectivity index (χ0n) is 22.7. The van der Waals surface area contributed by atoms with E-state index in [1.54, 1.807) is 0 Å². The van der Waals surface area contributed by atoms with E-state index in [1.165, 1.54) is 154 Å². The molecule has 0 aliphatic carbocycles. The number of hydrogen-bond acceptors (Lipinski definition) is 2. The van der Waals surface area contributed by atoms with E-state index < -0.39 is 0 Å². The second kappa shape index (κ2) is 27.2. The number of unbranched alkanes of at least 4 members (excludes halogenated alkanes) is 22. The van der Waals surface area contributed by atoms with Crippen LogP contribution in [0.25, 0.3) is 0 Å². The summed E-state index contributed by atoms with van der Waals surface area (Å²) in [5.41, 5.74) is 12.7. The van der Waals surface area contributed by atoms with Crippen LogP contribution < -0.4 is 11.5 Å². The Kier molecular flexibility index (Phi) is 27.1. The highest BCUT2D eigenvalue weighted by Crippen LogP contribution is 2.15. The molecule has 0 aliphatic heterocycles. The molecule has 0 fully saturated rings. The smallest absolute Gasteiger partial charge is 0.0192 e. The molecule has 0 radical (unpaired) electrons. The minimum atomic E-state index is 0.214. The van der Waals surface area contributed by atoms with Crippen molar-refractivity contribution < 1.29 is 0 Å². The summed E-state index contributed by atoms with van der Waals surface area (Å²) in [5, 5.41) is 0. The van der Waals surface area contributed by atoms with Crippen LogP contribution in [0.15, 0.2) is 0 Å². The summed E-state index contributed by atoms with van der Waals surface area (Å²) in [6.07, 6.45) is 36.0. The first-order valence-electron chi connectivity index (χ1n) is 15.2. The van der Waals surface area contributed by atoms with Gasteiger partial charge < -0.3 is 11.5 Å². The second-order valence-electron chi connectivity index (χ2n) is 10.7. The molecule has 0 saturated carbocycles. The fraction of sp³-hybridized carbons (Fsp3) is 1.00. The Labute approximate surface area is 204 Å². The molecule has 0 rings (SSSR count). The van der Waals surface area contributed by atoms with Gasteiger partial charge in [0.25, 0.3) is 0 Å². The van der Waals surface area contributed by atoms with Gasteiger partial charge in [0.2, 0.25) is 0 Å². The highest BCUT2D eigenvalue weighted by Gasteiger charge is 2.12. The summed E-state index contributed by atoms with van der Waals surface area (Å²) in [5.74, 6) is 0. The SMILES string of the molecule is CCCCCCCCCCCCCCCCCC(N)C(N)CCCCCCCCCCC. The maximum absolute atomic E-state index is 6.36. The lowest BCUT2D eigenvalue weighted by molar-refractivity contribution is 0.428. The Hall–Kier alpha value is -0.0800. The third kappa shape index (κ3) is 24.6. The first-order chi connectivity index (χ1) is 15.7. The predicted octanol–water partition coefficient (Wildman–Crippen LogP) is 9.82. The van der Waals surface area contributed by atoms with Crippen molar-refractivity contribution in [2.45, 2.75) is 193 Å². The Balaban J connectivity index is 3.27. The van der Waals surface area contributed by atoms with Crippen molar-refractivity contribution in [3.8, 4) is 0 Å². The van der Waals surface area contributed by atoms with E-state index in [-0.39, 0.29) is 12.1 Å². The molecule has 0 aromatic carbocycles. The molecule has 2 atom stereocenters.